The summed E-state index contributed by atoms with van der Waals surface area (Å²) in [5, 5.41) is 18.5. The first-order valence-corrected chi connectivity index (χ1v) is 7.28. The van der Waals surface area contributed by atoms with E-state index in [2.05, 4.69) is 6.07 Å². The van der Waals surface area contributed by atoms with Crippen LogP contribution in [-0.4, -0.2) is 66.8 Å². The topological polar surface area (TPSA) is 76.8 Å². The molecule has 1 N–H and O–H groups in total. The Kier molecular flexibility index (Phi) is 5.90. The van der Waals surface area contributed by atoms with Gasteiger partial charge in [0.1, 0.15) is 0 Å². The number of carbonyl (C=O) groups is 1. The molecule has 1 atom stereocenters. The summed E-state index contributed by atoms with van der Waals surface area (Å²) in [6.07, 6.45) is -0.567. The van der Waals surface area contributed by atoms with Gasteiger partial charge in [0, 0.05) is 33.3 Å². The summed E-state index contributed by atoms with van der Waals surface area (Å²) < 4.78 is 4.90. The zero-order valence-electron chi connectivity index (χ0n) is 12.7. The summed E-state index contributed by atoms with van der Waals surface area (Å²) in [5.74, 6) is 0.0558. The molecule has 1 heterocycles. The van der Waals surface area contributed by atoms with E-state index in [0.29, 0.717) is 31.7 Å². The van der Waals surface area contributed by atoms with E-state index in [4.69, 9.17) is 10.00 Å². The van der Waals surface area contributed by atoms with Gasteiger partial charge in [-0.25, -0.2) is 0 Å². The predicted molar refractivity (Wildman–Crippen MR) is 80.9 cm³/mol. The molecule has 1 fully saturated rings. The van der Waals surface area contributed by atoms with E-state index in [9.17, 15) is 9.90 Å². The van der Waals surface area contributed by atoms with Crippen LogP contribution in [0.25, 0.3) is 0 Å². The normalized spacial score (nSPS) is 17.3. The molecule has 1 aliphatic rings. The quantitative estimate of drug-likeness (QED) is 0.813. The largest absolute Gasteiger partial charge is 0.389 e. The predicted octanol–water partition coefficient (Wildman–Crippen LogP) is 0.210. The number of hydrogen-bond donors (Lipinski definition) is 1. The number of aliphatic hydroxyl groups excluding tert-OH is 1. The van der Waals surface area contributed by atoms with Crippen molar-refractivity contribution in [3.05, 3.63) is 35.4 Å². The molecule has 22 heavy (non-hydrogen) atoms. The Labute approximate surface area is 130 Å². The van der Waals surface area contributed by atoms with Crippen molar-refractivity contribution in [2.45, 2.75) is 12.6 Å². The van der Waals surface area contributed by atoms with E-state index in [-0.39, 0.29) is 12.5 Å². The van der Waals surface area contributed by atoms with Gasteiger partial charge in [-0.3, -0.25) is 9.69 Å². The third kappa shape index (κ3) is 4.53. The third-order valence-electron chi connectivity index (χ3n) is 3.68. The number of β-amino-alcohol motifs (C(OH)–C–C–N with tert-alkyl or cyclic N) is 1. The molecule has 6 heteroatoms. The lowest BCUT2D eigenvalue weighted by Gasteiger charge is -2.35. The van der Waals surface area contributed by atoms with Crippen molar-refractivity contribution >= 4 is 5.91 Å². The maximum absolute atomic E-state index is 12.2. The number of amides is 1. The summed E-state index contributed by atoms with van der Waals surface area (Å²) in [6.45, 7) is 2.97. The lowest BCUT2D eigenvalue weighted by atomic mass is 10.1. The highest BCUT2D eigenvalue weighted by Crippen LogP contribution is 2.11. The SMILES string of the molecule is COC[C@@H](O)CN1CCN(Cc2ccc(C#N)cc2)C(=O)C1. The summed E-state index contributed by atoms with van der Waals surface area (Å²) in [6, 6.07) is 9.35. The first-order chi connectivity index (χ1) is 10.6. The highest BCUT2D eigenvalue weighted by Gasteiger charge is 2.25. The van der Waals surface area contributed by atoms with Crippen LogP contribution in [0, 0.1) is 11.3 Å². The molecule has 6 nitrogen and oxygen atoms in total. The van der Waals surface area contributed by atoms with Crippen molar-refractivity contribution in [2.75, 3.05) is 39.9 Å². The molecule has 0 bridgehead atoms. The smallest absolute Gasteiger partial charge is 0.237 e. The van der Waals surface area contributed by atoms with Crippen LogP contribution < -0.4 is 0 Å². The van der Waals surface area contributed by atoms with Gasteiger partial charge in [-0.2, -0.15) is 5.26 Å². The molecular formula is C16H21N3O3. The van der Waals surface area contributed by atoms with Crippen molar-refractivity contribution in [2.24, 2.45) is 0 Å². The summed E-state index contributed by atoms with van der Waals surface area (Å²) in [4.78, 5) is 15.9. The lowest BCUT2D eigenvalue weighted by molar-refractivity contribution is -0.137. The summed E-state index contributed by atoms with van der Waals surface area (Å²) in [5.41, 5.74) is 1.63. The third-order valence-corrected chi connectivity index (χ3v) is 3.68. The van der Waals surface area contributed by atoms with E-state index in [0.717, 1.165) is 12.1 Å². The second-order valence-electron chi connectivity index (χ2n) is 5.47. The Morgan fingerprint density at radius 3 is 2.68 bits per heavy atom. The van der Waals surface area contributed by atoms with Crippen molar-refractivity contribution in [3.8, 4) is 6.07 Å². The van der Waals surface area contributed by atoms with E-state index < -0.39 is 6.10 Å². The van der Waals surface area contributed by atoms with Gasteiger partial charge in [0.15, 0.2) is 0 Å². The van der Waals surface area contributed by atoms with Crippen LogP contribution in [-0.2, 0) is 16.1 Å². The van der Waals surface area contributed by atoms with E-state index in [1.54, 1.807) is 24.1 Å². The Bertz CT molecular complexity index is 539. The molecule has 0 spiro atoms. The second-order valence-corrected chi connectivity index (χ2v) is 5.47. The van der Waals surface area contributed by atoms with Gasteiger partial charge < -0.3 is 14.7 Å². The van der Waals surface area contributed by atoms with Crippen LogP contribution in [0.15, 0.2) is 24.3 Å². The number of nitrogens with zero attached hydrogens (tertiary/aromatic N) is 3. The van der Waals surface area contributed by atoms with Gasteiger partial charge in [-0.1, -0.05) is 12.1 Å². The minimum Gasteiger partial charge on any atom is -0.389 e. The van der Waals surface area contributed by atoms with Gasteiger partial charge in [-0.15, -0.1) is 0 Å². The number of ether oxygens (including phenoxy) is 1. The number of aliphatic hydroxyl groups is 1. The zero-order valence-corrected chi connectivity index (χ0v) is 12.7. The number of nitriles is 1. The minimum absolute atomic E-state index is 0.0558. The van der Waals surface area contributed by atoms with Crippen LogP contribution in [0.3, 0.4) is 0 Å². The number of rotatable bonds is 6. The Hall–Kier alpha value is -1.94. The maximum Gasteiger partial charge on any atom is 0.237 e. The van der Waals surface area contributed by atoms with Gasteiger partial charge in [0.2, 0.25) is 5.91 Å². The number of methoxy groups -OCH3 is 1. The van der Waals surface area contributed by atoms with Crippen molar-refractivity contribution in [3.63, 3.8) is 0 Å². The van der Waals surface area contributed by atoms with Crippen LogP contribution >= 0.6 is 0 Å². The molecule has 118 valence electrons. The van der Waals surface area contributed by atoms with Crippen molar-refractivity contribution < 1.29 is 14.6 Å². The zero-order chi connectivity index (χ0) is 15.9. The molecule has 1 saturated heterocycles. The Balaban J connectivity index is 1.85. The average Bonchev–Trinajstić information content (AvgIpc) is 2.51. The fourth-order valence-corrected chi connectivity index (χ4v) is 2.53. The maximum atomic E-state index is 12.2. The highest BCUT2D eigenvalue weighted by molar-refractivity contribution is 5.79. The number of hydrogen-bond acceptors (Lipinski definition) is 5. The first kappa shape index (κ1) is 16.4. The van der Waals surface area contributed by atoms with Gasteiger partial charge in [0.05, 0.1) is 30.9 Å². The van der Waals surface area contributed by atoms with Crippen LogP contribution in [0.2, 0.25) is 0 Å². The number of benzene rings is 1. The van der Waals surface area contributed by atoms with Gasteiger partial charge in [0.25, 0.3) is 0 Å². The Morgan fingerprint density at radius 2 is 2.09 bits per heavy atom. The van der Waals surface area contributed by atoms with Crippen molar-refractivity contribution in [1.29, 1.82) is 5.26 Å². The van der Waals surface area contributed by atoms with E-state index >= 15 is 0 Å². The molecule has 0 saturated carbocycles. The second kappa shape index (κ2) is 7.90. The molecule has 2 rings (SSSR count). The van der Waals surface area contributed by atoms with Crippen LogP contribution in [0.5, 0.6) is 0 Å². The molecule has 1 aliphatic heterocycles. The molecule has 1 aromatic rings. The molecule has 0 unspecified atom stereocenters. The van der Waals surface area contributed by atoms with Crippen LogP contribution in [0.4, 0.5) is 0 Å². The highest BCUT2D eigenvalue weighted by atomic mass is 16.5. The molecular weight excluding hydrogens is 282 g/mol. The molecule has 0 aliphatic carbocycles. The van der Waals surface area contributed by atoms with Gasteiger partial charge >= 0.3 is 0 Å². The molecule has 0 aromatic heterocycles. The minimum atomic E-state index is -0.567. The van der Waals surface area contributed by atoms with E-state index in [1.165, 1.54) is 0 Å². The summed E-state index contributed by atoms with van der Waals surface area (Å²) >= 11 is 0. The molecule has 0 radical (unpaired) electrons. The molecule has 1 amide bonds. The number of piperazine rings is 1. The lowest BCUT2D eigenvalue weighted by Crippen LogP contribution is -2.51. The fraction of sp³-hybridized carbons (Fsp3) is 0.500. The van der Waals surface area contributed by atoms with Gasteiger partial charge in [-0.05, 0) is 17.7 Å². The fourth-order valence-electron chi connectivity index (χ4n) is 2.53. The molecule has 1 aromatic carbocycles. The van der Waals surface area contributed by atoms with E-state index in [1.807, 2.05) is 17.0 Å². The summed E-state index contributed by atoms with van der Waals surface area (Å²) in [7, 11) is 1.55. The average molecular weight is 303 g/mol. The van der Waals surface area contributed by atoms with Crippen molar-refractivity contribution in [1.82, 2.24) is 9.80 Å². The van der Waals surface area contributed by atoms with Crippen LogP contribution in [0.1, 0.15) is 11.1 Å². The monoisotopic (exact) mass is 303 g/mol. The number of carbonyl (C=O) groups excluding carboxylic acids is 1. The Morgan fingerprint density at radius 1 is 1.36 bits per heavy atom. The standard InChI is InChI=1S/C16H21N3O3/c1-22-12-15(20)10-18-6-7-19(16(21)11-18)9-14-4-2-13(8-17)3-5-14/h2-5,15,20H,6-7,9-12H2,1H3/t15-/m0/s1. The first-order valence-electron chi connectivity index (χ1n) is 7.28.